The maximum Gasteiger partial charge on any atom is 0.308 e. The van der Waals surface area contributed by atoms with Gasteiger partial charge in [-0.15, -0.1) is 5.10 Å². The van der Waals surface area contributed by atoms with Crippen LogP contribution in [0.4, 0.5) is 10.2 Å². The molecule has 6 atom stereocenters. The highest BCUT2D eigenvalue weighted by Crippen LogP contribution is 2.64. The van der Waals surface area contributed by atoms with E-state index in [0.717, 1.165) is 36.7 Å². The van der Waals surface area contributed by atoms with Crippen molar-refractivity contribution in [2.45, 2.75) is 31.9 Å². The van der Waals surface area contributed by atoms with E-state index in [9.17, 15) is 14.3 Å². The van der Waals surface area contributed by atoms with E-state index in [4.69, 9.17) is 14.8 Å². The fourth-order valence-corrected chi connectivity index (χ4v) is 6.71. The predicted molar refractivity (Wildman–Crippen MR) is 123 cm³/mol. The Morgan fingerprint density at radius 1 is 1.29 bits per heavy atom. The third-order valence-electron chi connectivity index (χ3n) is 8.20. The van der Waals surface area contributed by atoms with Crippen LogP contribution in [-0.2, 0) is 16.1 Å². The van der Waals surface area contributed by atoms with Crippen molar-refractivity contribution in [2.75, 3.05) is 12.4 Å². The van der Waals surface area contributed by atoms with Gasteiger partial charge in [-0.1, -0.05) is 0 Å². The van der Waals surface area contributed by atoms with E-state index in [1.165, 1.54) is 6.07 Å². The zero-order valence-corrected chi connectivity index (χ0v) is 19.0. The van der Waals surface area contributed by atoms with Crippen molar-refractivity contribution < 1.29 is 19.0 Å². The number of aromatic nitrogens is 6. The van der Waals surface area contributed by atoms with Gasteiger partial charge in [-0.25, -0.2) is 18.9 Å². The highest BCUT2D eigenvalue weighted by atomic mass is 19.1. The molecule has 0 saturated heterocycles. The molecule has 11 heteroatoms. The Morgan fingerprint density at radius 3 is 2.94 bits per heavy atom. The molecule has 10 nitrogen and oxygen atoms in total. The lowest BCUT2D eigenvalue weighted by Gasteiger charge is -2.46. The van der Waals surface area contributed by atoms with Crippen molar-refractivity contribution in [3.63, 3.8) is 0 Å². The summed E-state index contributed by atoms with van der Waals surface area (Å²) in [7, 11) is 1.61. The van der Waals surface area contributed by atoms with Crippen LogP contribution in [0.3, 0.4) is 0 Å². The number of anilines is 1. The Morgan fingerprint density at radius 2 is 2.11 bits per heavy atom. The normalized spacial score (nSPS) is 29.0. The summed E-state index contributed by atoms with van der Waals surface area (Å²) in [6.07, 6.45) is 4.26. The minimum absolute atomic E-state index is 0.207. The van der Waals surface area contributed by atoms with E-state index in [1.807, 2.05) is 12.1 Å². The van der Waals surface area contributed by atoms with Crippen molar-refractivity contribution in [1.29, 1.82) is 0 Å². The molecule has 2 unspecified atom stereocenters. The number of carbonyl (C=O) groups is 1. The largest absolute Gasteiger partial charge is 0.481 e. The van der Waals surface area contributed by atoms with Gasteiger partial charge in [0.15, 0.2) is 11.5 Å². The number of fused-ring (bicyclic) bond motifs is 4. The first-order valence-corrected chi connectivity index (χ1v) is 11.9. The van der Waals surface area contributed by atoms with Gasteiger partial charge in [0.1, 0.15) is 17.0 Å². The van der Waals surface area contributed by atoms with Crippen LogP contribution in [0.25, 0.3) is 28.1 Å². The number of aromatic amines is 1. The first-order valence-electron chi connectivity index (χ1n) is 11.9. The highest BCUT2D eigenvalue weighted by Gasteiger charge is 2.63. The molecule has 0 amide bonds. The molecule has 4 fully saturated rings. The van der Waals surface area contributed by atoms with Crippen LogP contribution < -0.4 is 5.32 Å². The lowest BCUT2D eigenvalue weighted by molar-refractivity contribution is -0.148. The molecule has 35 heavy (non-hydrogen) atoms. The van der Waals surface area contributed by atoms with E-state index >= 15 is 0 Å². The van der Waals surface area contributed by atoms with Crippen LogP contribution in [-0.4, -0.2) is 54.0 Å². The van der Waals surface area contributed by atoms with Crippen molar-refractivity contribution in [2.24, 2.45) is 29.6 Å². The molecule has 4 saturated carbocycles. The SMILES string of the molecule is COCc1ccc2c(N[C@@H]3[C@@H](C(=O)O)[C@H]4CC[C@@H]3C3CC34)nc(-c3[nH]nc4ncc(F)cc34)nn12. The van der Waals surface area contributed by atoms with Gasteiger partial charge in [-0.05, 0) is 61.1 Å². The Kier molecular flexibility index (Phi) is 4.41. The second-order valence-electron chi connectivity index (χ2n) is 9.96. The fraction of sp³-hybridized carbons (Fsp3) is 0.458. The standard InChI is InChI=1S/C24H24FN7O3/c1-35-9-11-2-5-17-22(27-19-13-4-3-12(14-7-15(13)14)18(19)24(33)34)28-23(31-32(11)17)20-16-6-10(25)8-26-21(16)30-29-20/h2,5-6,8,12-15,18-19H,3-4,7,9H2,1H3,(H,33,34)(H,26,29,30)(H,27,28,31)/t12-,13+,14?,15?,18-,19-/m0/s1. The number of ether oxygens (including phenoxy) is 1. The molecule has 0 aliphatic heterocycles. The average Bonchev–Trinajstić information content (AvgIpc) is 3.43. The van der Waals surface area contributed by atoms with Crippen molar-refractivity contribution in [1.82, 2.24) is 29.8 Å². The molecule has 0 radical (unpaired) electrons. The lowest BCUT2D eigenvalue weighted by Crippen LogP contribution is -2.52. The molecule has 8 rings (SSSR count). The summed E-state index contributed by atoms with van der Waals surface area (Å²) in [5.74, 6) is 0.839. The summed E-state index contributed by atoms with van der Waals surface area (Å²) in [5, 5.41) is 25.9. The molecule has 4 aromatic rings. The Labute approximate surface area is 198 Å². The van der Waals surface area contributed by atoms with Gasteiger partial charge in [-0.3, -0.25) is 9.89 Å². The van der Waals surface area contributed by atoms with Gasteiger partial charge in [-0.2, -0.15) is 5.10 Å². The number of H-pyrrole nitrogens is 1. The minimum Gasteiger partial charge on any atom is -0.481 e. The van der Waals surface area contributed by atoms with E-state index < -0.39 is 17.7 Å². The van der Waals surface area contributed by atoms with Gasteiger partial charge < -0.3 is 15.2 Å². The van der Waals surface area contributed by atoms with E-state index in [2.05, 4.69) is 20.5 Å². The highest BCUT2D eigenvalue weighted by molar-refractivity contribution is 5.89. The molecule has 4 aromatic heterocycles. The third kappa shape index (κ3) is 3.07. The number of hydrogen-bond donors (Lipinski definition) is 3. The van der Waals surface area contributed by atoms with Crippen molar-refractivity contribution in [3.8, 4) is 11.5 Å². The maximum atomic E-state index is 14.0. The smallest absolute Gasteiger partial charge is 0.308 e. The first-order chi connectivity index (χ1) is 17.0. The molecule has 4 heterocycles. The number of carboxylic acids is 1. The van der Waals surface area contributed by atoms with Gasteiger partial charge in [0.25, 0.3) is 0 Å². The Bertz CT molecular complexity index is 1480. The van der Waals surface area contributed by atoms with Gasteiger partial charge in [0.2, 0.25) is 5.82 Å². The first kappa shape index (κ1) is 20.7. The van der Waals surface area contributed by atoms with Crippen LogP contribution in [0.1, 0.15) is 25.0 Å². The monoisotopic (exact) mass is 477 g/mol. The summed E-state index contributed by atoms with van der Waals surface area (Å²) in [6, 6.07) is 4.96. The second kappa shape index (κ2) is 7.45. The number of nitrogens with one attached hydrogen (secondary N) is 2. The number of aliphatic carboxylic acids is 1. The molecule has 4 aliphatic rings. The molecule has 180 valence electrons. The topological polar surface area (TPSA) is 130 Å². The van der Waals surface area contributed by atoms with E-state index in [1.54, 1.807) is 11.6 Å². The summed E-state index contributed by atoms with van der Waals surface area (Å²) < 4.78 is 21.1. The average molecular weight is 478 g/mol. The number of hydrogen-bond acceptors (Lipinski definition) is 7. The molecule has 3 N–H and O–H groups in total. The van der Waals surface area contributed by atoms with Crippen LogP contribution in [0.15, 0.2) is 24.4 Å². The maximum absolute atomic E-state index is 14.0. The zero-order valence-electron chi connectivity index (χ0n) is 19.0. The van der Waals surface area contributed by atoms with Crippen molar-refractivity contribution >= 4 is 28.3 Å². The summed E-state index contributed by atoms with van der Waals surface area (Å²) in [5.41, 5.74) is 2.34. The molecule has 0 aromatic carbocycles. The zero-order chi connectivity index (χ0) is 23.8. The number of halogens is 1. The number of methoxy groups -OCH3 is 1. The number of rotatable bonds is 6. The van der Waals surface area contributed by atoms with E-state index in [0.29, 0.717) is 52.7 Å². The van der Waals surface area contributed by atoms with Crippen LogP contribution in [0, 0.1) is 35.4 Å². The molecule has 4 aliphatic carbocycles. The Balaban J connectivity index is 1.37. The number of pyridine rings is 1. The molecular weight excluding hydrogens is 453 g/mol. The Hall–Kier alpha value is -3.60. The molecule has 2 bridgehead atoms. The predicted octanol–water partition coefficient (Wildman–Crippen LogP) is 3.11. The summed E-state index contributed by atoms with van der Waals surface area (Å²) in [6.45, 7) is 0.333. The third-order valence-corrected chi connectivity index (χ3v) is 8.20. The van der Waals surface area contributed by atoms with Gasteiger partial charge in [0, 0.05) is 13.2 Å². The van der Waals surface area contributed by atoms with E-state index in [-0.39, 0.29) is 12.0 Å². The fourth-order valence-electron chi connectivity index (χ4n) is 6.71. The molecule has 0 spiro atoms. The minimum atomic E-state index is -0.746. The van der Waals surface area contributed by atoms with Crippen molar-refractivity contribution in [3.05, 3.63) is 35.9 Å². The number of nitrogens with zero attached hydrogens (tertiary/aromatic N) is 5. The van der Waals surface area contributed by atoms with Gasteiger partial charge >= 0.3 is 5.97 Å². The van der Waals surface area contributed by atoms with Crippen LogP contribution in [0.2, 0.25) is 0 Å². The summed E-state index contributed by atoms with van der Waals surface area (Å²) >= 11 is 0. The summed E-state index contributed by atoms with van der Waals surface area (Å²) in [4.78, 5) is 21.2. The lowest BCUT2D eigenvalue weighted by atomic mass is 9.61. The second-order valence-corrected chi connectivity index (χ2v) is 9.96. The van der Waals surface area contributed by atoms with Crippen LogP contribution >= 0.6 is 0 Å². The van der Waals surface area contributed by atoms with Gasteiger partial charge in [0.05, 0.1) is 29.8 Å². The van der Waals surface area contributed by atoms with Crippen LogP contribution in [0.5, 0.6) is 0 Å². The number of carboxylic acid groups (broad SMARTS) is 1. The molecular formula is C24H24FN7O3. The quantitative estimate of drug-likeness (QED) is 0.386.